The SMILES string of the molecule is CC[C@H]1CCC[C@H](O[C@H]2CC[C@H](NC)C(C)O2)[C@@H](C)C(=O)C2=C[C@@H]3C(c4nc(-c5cccc(C)c5)sc4C4C[C@@H](O[C@@H]5OC(C)[C@H](OC)C(OC)C5OC)C[C@H]43)[C@@H]2CC(=O)O1. The normalized spacial score (nSPS) is 40.5. The molecule has 336 valence electrons. The van der Waals surface area contributed by atoms with Crippen molar-refractivity contribution >= 4 is 23.1 Å². The third-order valence-electron chi connectivity index (χ3n) is 14.9. The Bertz CT molecular complexity index is 1890. The number of likely N-dealkylation sites (N-methyl/N-ethyl adjacent to an activating group) is 1. The van der Waals surface area contributed by atoms with Gasteiger partial charge in [0.2, 0.25) is 0 Å². The van der Waals surface area contributed by atoms with Crippen LogP contribution in [0.1, 0.15) is 113 Å². The van der Waals surface area contributed by atoms with E-state index in [-0.39, 0.29) is 103 Å². The smallest absolute Gasteiger partial charge is 0.306 e. The van der Waals surface area contributed by atoms with Crippen molar-refractivity contribution < 1.29 is 47.5 Å². The lowest BCUT2D eigenvalue weighted by Gasteiger charge is -2.44. The number of ketones is 1. The Balaban J connectivity index is 1.15. The van der Waals surface area contributed by atoms with Crippen molar-refractivity contribution in [2.24, 2.45) is 23.7 Å². The molecule has 4 fully saturated rings. The lowest BCUT2D eigenvalue weighted by molar-refractivity contribution is -0.314. The summed E-state index contributed by atoms with van der Waals surface area (Å²) >= 11 is 1.75. The lowest BCUT2D eigenvalue weighted by atomic mass is 9.67. The quantitative estimate of drug-likeness (QED) is 0.235. The predicted octanol–water partition coefficient (Wildman–Crippen LogP) is 7.66. The maximum atomic E-state index is 15.2. The minimum Gasteiger partial charge on any atom is -0.462 e. The summed E-state index contributed by atoms with van der Waals surface area (Å²) < 4.78 is 50.5. The Labute approximate surface area is 366 Å². The van der Waals surface area contributed by atoms with Gasteiger partial charge in [-0.25, -0.2) is 4.98 Å². The predicted molar refractivity (Wildman–Crippen MR) is 231 cm³/mol. The van der Waals surface area contributed by atoms with E-state index in [1.165, 1.54) is 10.4 Å². The summed E-state index contributed by atoms with van der Waals surface area (Å²) in [4.78, 5) is 35.9. The molecule has 8 rings (SSSR count). The van der Waals surface area contributed by atoms with Crippen LogP contribution in [0.25, 0.3) is 10.6 Å². The van der Waals surface area contributed by atoms with Crippen LogP contribution >= 0.6 is 11.3 Å². The van der Waals surface area contributed by atoms with Crippen LogP contribution in [0.2, 0.25) is 0 Å². The molecule has 2 aromatic rings. The number of esters is 1. The van der Waals surface area contributed by atoms with E-state index in [2.05, 4.69) is 56.4 Å². The monoisotopic (exact) mass is 864 g/mol. The second-order valence-electron chi connectivity index (χ2n) is 18.5. The van der Waals surface area contributed by atoms with Gasteiger partial charge in [-0.1, -0.05) is 43.7 Å². The second-order valence-corrected chi connectivity index (χ2v) is 19.5. The summed E-state index contributed by atoms with van der Waals surface area (Å²) in [6, 6.07) is 8.75. The molecule has 12 nitrogen and oxygen atoms in total. The molecule has 0 amide bonds. The molecule has 13 heteroatoms. The van der Waals surface area contributed by atoms with Gasteiger partial charge in [-0.05, 0) is 103 Å². The largest absolute Gasteiger partial charge is 0.462 e. The summed E-state index contributed by atoms with van der Waals surface area (Å²) in [5.74, 6) is -0.896. The van der Waals surface area contributed by atoms with Crippen molar-refractivity contribution in [2.75, 3.05) is 28.4 Å². The van der Waals surface area contributed by atoms with E-state index in [0.29, 0.717) is 12.0 Å². The zero-order valence-corrected chi connectivity index (χ0v) is 38.3. The van der Waals surface area contributed by atoms with E-state index in [1.807, 2.05) is 20.9 Å². The first-order chi connectivity index (χ1) is 29.5. The molecule has 6 aliphatic rings. The molecule has 4 heterocycles. The minimum atomic E-state index is -0.654. The Kier molecular flexibility index (Phi) is 14.2. The van der Waals surface area contributed by atoms with Crippen molar-refractivity contribution in [1.29, 1.82) is 0 Å². The molecule has 3 aliphatic carbocycles. The number of aromatic nitrogens is 1. The Morgan fingerprint density at radius 3 is 2.39 bits per heavy atom. The lowest BCUT2D eigenvalue weighted by Crippen LogP contribution is -2.59. The number of benzene rings is 1. The van der Waals surface area contributed by atoms with E-state index in [0.717, 1.165) is 61.2 Å². The van der Waals surface area contributed by atoms with Gasteiger partial charge in [-0.2, -0.15) is 0 Å². The zero-order chi connectivity index (χ0) is 43.1. The molecule has 6 unspecified atom stereocenters. The number of methoxy groups -OCH3 is 3. The molecule has 0 radical (unpaired) electrons. The standard InChI is InChI=1S/C48H68N2O10S/c1-10-29-15-12-16-37(60-39-18-17-36(49-6)26(4)56-39)25(3)42(52)34-22-32-31-20-30(59-48-45(55-9)44(54-8)43(53-7)27(5)57-48)21-35(31)46-41(40(32)33(34)23-38(51)58-29)50-47(61-46)28-14-11-13-24(2)19-28/h11,13-14,19,22,25-27,29-33,35-37,39-40,43-45,48-49H,10,12,15-18,20-21,23H2,1-9H3/t25-,26?,27?,29+,30+,31+,32+,33-,35?,36+,37+,39+,40?,43+,44?,45?,48+/m1/s1. The molecule has 1 saturated carbocycles. The van der Waals surface area contributed by atoms with Gasteiger partial charge in [-0.15, -0.1) is 11.3 Å². The number of carbonyl (C=O) groups excluding carboxylic acids is 2. The van der Waals surface area contributed by atoms with Crippen LogP contribution in [0.3, 0.4) is 0 Å². The summed E-state index contributed by atoms with van der Waals surface area (Å²) in [6.45, 7) is 10.2. The summed E-state index contributed by atoms with van der Waals surface area (Å²) in [5.41, 5.74) is 3.96. The molecular formula is C48H68N2O10S. The first-order valence-electron chi connectivity index (χ1n) is 22.9. The van der Waals surface area contributed by atoms with Crippen LogP contribution < -0.4 is 5.32 Å². The Morgan fingerprint density at radius 1 is 0.902 bits per heavy atom. The van der Waals surface area contributed by atoms with Crippen molar-refractivity contribution in [1.82, 2.24) is 10.3 Å². The van der Waals surface area contributed by atoms with Gasteiger partial charge in [0.1, 0.15) is 29.4 Å². The van der Waals surface area contributed by atoms with Gasteiger partial charge in [0.05, 0.1) is 36.5 Å². The van der Waals surface area contributed by atoms with Crippen LogP contribution in [0.5, 0.6) is 0 Å². The number of nitrogens with zero attached hydrogens (tertiary/aromatic N) is 1. The van der Waals surface area contributed by atoms with Gasteiger partial charge in [0, 0.05) is 61.5 Å². The fraction of sp³-hybridized carbons (Fsp3) is 0.729. The van der Waals surface area contributed by atoms with Crippen molar-refractivity contribution in [2.45, 2.75) is 172 Å². The highest BCUT2D eigenvalue weighted by Gasteiger charge is 2.57. The topological polar surface area (TPSA) is 133 Å². The third-order valence-corrected chi connectivity index (χ3v) is 16.2. The number of allylic oxidation sites excluding steroid dienone is 2. The molecular weight excluding hydrogens is 797 g/mol. The number of fused-ring (bicyclic) bond motifs is 8. The summed E-state index contributed by atoms with van der Waals surface area (Å²) in [6.07, 6.45) is 5.33. The van der Waals surface area contributed by atoms with E-state index < -0.39 is 18.3 Å². The van der Waals surface area contributed by atoms with Crippen LogP contribution in [-0.2, 0) is 47.5 Å². The number of hydrogen-bond donors (Lipinski definition) is 1. The molecule has 0 bridgehead atoms. The van der Waals surface area contributed by atoms with Crippen molar-refractivity contribution in [3.63, 3.8) is 0 Å². The molecule has 0 spiro atoms. The van der Waals surface area contributed by atoms with Crippen LogP contribution in [0.4, 0.5) is 0 Å². The highest BCUT2D eigenvalue weighted by atomic mass is 32.1. The van der Waals surface area contributed by atoms with E-state index in [1.54, 1.807) is 32.7 Å². The summed E-state index contributed by atoms with van der Waals surface area (Å²) in [5, 5.41) is 4.32. The number of Topliss-reactive ketones (excluding diaryl/α,β-unsaturated/α-hetero) is 1. The van der Waals surface area contributed by atoms with Crippen LogP contribution in [0.15, 0.2) is 35.9 Å². The van der Waals surface area contributed by atoms with E-state index in [9.17, 15) is 4.79 Å². The number of nitrogens with one attached hydrogen (secondary N) is 1. The number of carbonyl (C=O) groups is 2. The Morgan fingerprint density at radius 2 is 1.69 bits per heavy atom. The molecule has 1 N–H and O–H groups in total. The zero-order valence-electron chi connectivity index (χ0n) is 37.5. The number of cyclic esters (lactones) is 1. The molecule has 17 atom stereocenters. The van der Waals surface area contributed by atoms with Gasteiger partial charge >= 0.3 is 5.97 Å². The number of aryl methyl sites for hydroxylation is 1. The highest BCUT2D eigenvalue weighted by Crippen LogP contribution is 2.63. The molecule has 3 aliphatic heterocycles. The number of thiazole rings is 1. The highest BCUT2D eigenvalue weighted by molar-refractivity contribution is 7.15. The van der Waals surface area contributed by atoms with Gasteiger partial charge in [0.15, 0.2) is 18.4 Å². The van der Waals surface area contributed by atoms with E-state index in [4.69, 9.17) is 42.9 Å². The molecule has 1 aromatic carbocycles. The molecule has 1 aromatic heterocycles. The average Bonchev–Trinajstić information content (AvgIpc) is 3.97. The van der Waals surface area contributed by atoms with Crippen molar-refractivity contribution in [3.05, 3.63) is 52.0 Å². The number of ether oxygens (including phenoxy) is 8. The first-order valence-corrected chi connectivity index (χ1v) is 23.7. The summed E-state index contributed by atoms with van der Waals surface area (Å²) in [7, 11) is 6.96. The van der Waals surface area contributed by atoms with Gasteiger partial charge in [-0.3, -0.25) is 9.59 Å². The fourth-order valence-corrected chi connectivity index (χ4v) is 13.0. The number of hydrogen-bond acceptors (Lipinski definition) is 13. The van der Waals surface area contributed by atoms with Crippen LogP contribution in [0, 0.1) is 30.6 Å². The maximum absolute atomic E-state index is 15.2. The Hall–Kier alpha value is -2.59. The maximum Gasteiger partial charge on any atom is 0.306 e. The van der Waals surface area contributed by atoms with Gasteiger partial charge < -0.3 is 43.2 Å². The average molecular weight is 865 g/mol. The third kappa shape index (κ3) is 8.94. The van der Waals surface area contributed by atoms with Crippen LogP contribution in [-0.4, -0.2) is 113 Å². The fourth-order valence-electron chi connectivity index (χ4n) is 11.7. The molecule has 3 saturated heterocycles. The first kappa shape index (κ1) is 45.0. The second kappa shape index (κ2) is 19.3. The number of rotatable bonds is 10. The van der Waals surface area contributed by atoms with Crippen molar-refractivity contribution in [3.8, 4) is 10.6 Å². The van der Waals surface area contributed by atoms with Gasteiger partial charge in [0.25, 0.3) is 0 Å². The van der Waals surface area contributed by atoms with E-state index >= 15 is 4.79 Å². The molecule has 61 heavy (non-hydrogen) atoms. The minimum absolute atomic E-state index is 0.00349.